The summed E-state index contributed by atoms with van der Waals surface area (Å²) in [7, 11) is 0. The molecule has 2 amide bonds. The highest BCUT2D eigenvalue weighted by atomic mass is 16.2. The van der Waals surface area contributed by atoms with E-state index in [1.54, 1.807) is 0 Å². The average Bonchev–Trinajstić information content (AvgIpc) is 3.47. The molecular formula is C25H32N4O2. The summed E-state index contributed by atoms with van der Waals surface area (Å²) in [5, 5.41) is 0. The molecule has 31 heavy (non-hydrogen) atoms. The first-order chi connectivity index (χ1) is 15.0. The first-order valence-electron chi connectivity index (χ1n) is 11.4. The lowest BCUT2D eigenvalue weighted by Gasteiger charge is -2.19. The van der Waals surface area contributed by atoms with Crippen molar-refractivity contribution >= 4 is 11.8 Å². The molecule has 0 aliphatic carbocycles. The van der Waals surface area contributed by atoms with Gasteiger partial charge in [0.05, 0.1) is 6.42 Å². The van der Waals surface area contributed by atoms with Gasteiger partial charge in [0.15, 0.2) is 0 Å². The molecule has 6 heteroatoms. The van der Waals surface area contributed by atoms with Gasteiger partial charge in [-0.05, 0) is 45.1 Å². The number of aryl methyl sites for hydroxylation is 3. The molecule has 0 unspecified atom stereocenters. The monoisotopic (exact) mass is 420 g/mol. The molecule has 0 radical (unpaired) electrons. The van der Waals surface area contributed by atoms with E-state index in [-0.39, 0.29) is 17.7 Å². The Bertz CT molecular complexity index is 915. The van der Waals surface area contributed by atoms with Gasteiger partial charge in [-0.25, -0.2) is 9.97 Å². The van der Waals surface area contributed by atoms with E-state index < -0.39 is 0 Å². The largest absolute Gasteiger partial charge is 0.342 e. The Labute approximate surface area is 184 Å². The zero-order valence-electron chi connectivity index (χ0n) is 18.6. The second kappa shape index (κ2) is 9.58. The maximum atomic E-state index is 12.7. The number of likely N-dealkylation sites (tertiary alicyclic amines) is 2. The topological polar surface area (TPSA) is 66.4 Å². The molecule has 2 aliphatic rings. The van der Waals surface area contributed by atoms with Gasteiger partial charge < -0.3 is 9.80 Å². The SMILES string of the molecule is Cc1nc([C@H]2CCN(C(=O)CCc3ccccc3)C2)nc(C)c1CC(=O)N1CCCC1. The van der Waals surface area contributed by atoms with Gasteiger partial charge in [-0.15, -0.1) is 0 Å². The zero-order valence-corrected chi connectivity index (χ0v) is 18.6. The number of nitrogens with zero attached hydrogens (tertiary/aromatic N) is 4. The van der Waals surface area contributed by atoms with Crippen molar-refractivity contribution in [3.63, 3.8) is 0 Å². The minimum absolute atomic E-state index is 0.168. The summed E-state index contributed by atoms with van der Waals surface area (Å²) in [6, 6.07) is 10.1. The Balaban J connectivity index is 1.36. The van der Waals surface area contributed by atoms with Crippen molar-refractivity contribution in [3.05, 3.63) is 58.7 Å². The Hall–Kier alpha value is -2.76. The van der Waals surface area contributed by atoms with Gasteiger partial charge in [0.1, 0.15) is 5.82 Å². The summed E-state index contributed by atoms with van der Waals surface area (Å²) in [4.78, 5) is 38.7. The predicted octanol–water partition coefficient (Wildman–Crippen LogP) is 3.21. The van der Waals surface area contributed by atoms with Gasteiger partial charge in [-0.2, -0.15) is 0 Å². The van der Waals surface area contributed by atoms with E-state index in [0.717, 1.165) is 68.1 Å². The number of rotatable bonds is 6. The zero-order chi connectivity index (χ0) is 21.8. The van der Waals surface area contributed by atoms with E-state index >= 15 is 0 Å². The van der Waals surface area contributed by atoms with E-state index in [2.05, 4.69) is 12.1 Å². The Morgan fingerprint density at radius 2 is 1.61 bits per heavy atom. The molecule has 1 aromatic heterocycles. The van der Waals surface area contributed by atoms with Crippen LogP contribution < -0.4 is 0 Å². The van der Waals surface area contributed by atoms with Crippen LogP contribution in [-0.2, 0) is 22.4 Å². The molecule has 0 saturated carbocycles. The predicted molar refractivity (Wildman–Crippen MR) is 120 cm³/mol. The maximum absolute atomic E-state index is 12.7. The van der Waals surface area contributed by atoms with Gasteiger partial charge in [-0.1, -0.05) is 30.3 Å². The number of hydrogen-bond acceptors (Lipinski definition) is 4. The molecule has 164 valence electrons. The summed E-state index contributed by atoms with van der Waals surface area (Å²) >= 11 is 0. The molecule has 4 rings (SSSR count). The van der Waals surface area contributed by atoms with Crippen molar-refractivity contribution in [2.75, 3.05) is 26.2 Å². The average molecular weight is 421 g/mol. The molecule has 2 aliphatic heterocycles. The normalized spacial score (nSPS) is 18.6. The molecule has 0 bridgehead atoms. The van der Waals surface area contributed by atoms with E-state index in [9.17, 15) is 9.59 Å². The van der Waals surface area contributed by atoms with Crippen molar-refractivity contribution in [1.82, 2.24) is 19.8 Å². The summed E-state index contributed by atoms with van der Waals surface area (Å²) in [6.07, 6.45) is 4.78. The van der Waals surface area contributed by atoms with E-state index in [1.807, 2.05) is 41.8 Å². The van der Waals surface area contributed by atoms with Crippen LogP contribution in [0.4, 0.5) is 0 Å². The molecule has 0 spiro atoms. The van der Waals surface area contributed by atoms with Crippen molar-refractivity contribution in [3.8, 4) is 0 Å². The lowest BCUT2D eigenvalue weighted by molar-refractivity contribution is -0.130. The van der Waals surface area contributed by atoms with Crippen molar-refractivity contribution in [2.45, 2.75) is 58.3 Å². The number of benzene rings is 1. The van der Waals surface area contributed by atoms with Gasteiger partial charge >= 0.3 is 0 Å². The van der Waals surface area contributed by atoms with Gasteiger partial charge in [0.2, 0.25) is 11.8 Å². The first-order valence-corrected chi connectivity index (χ1v) is 11.4. The molecule has 3 heterocycles. The highest BCUT2D eigenvalue weighted by Gasteiger charge is 2.30. The fourth-order valence-corrected chi connectivity index (χ4v) is 4.68. The number of hydrogen-bond donors (Lipinski definition) is 0. The van der Waals surface area contributed by atoms with Crippen LogP contribution in [0.3, 0.4) is 0 Å². The smallest absolute Gasteiger partial charge is 0.227 e. The summed E-state index contributed by atoms with van der Waals surface area (Å²) in [5.74, 6) is 1.36. The van der Waals surface area contributed by atoms with Crippen molar-refractivity contribution < 1.29 is 9.59 Å². The van der Waals surface area contributed by atoms with Crippen LogP contribution in [0.1, 0.15) is 59.9 Å². The molecule has 1 atom stereocenters. The first kappa shape index (κ1) is 21.5. The molecule has 2 aromatic rings. The van der Waals surface area contributed by atoms with Crippen LogP contribution in [-0.4, -0.2) is 57.8 Å². The highest BCUT2D eigenvalue weighted by Crippen LogP contribution is 2.27. The van der Waals surface area contributed by atoms with Gasteiger partial charge in [-0.3, -0.25) is 9.59 Å². The van der Waals surface area contributed by atoms with E-state index in [1.165, 1.54) is 5.56 Å². The Morgan fingerprint density at radius 1 is 0.935 bits per heavy atom. The van der Waals surface area contributed by atoms with Crippen LogP contribution >= 0.6 is 0 Å². The quantitative estimate of drug-likeness (QED) is 0.720. The number of aromatic nitrogens is 2. The minimum atomic E-state index is 0.168. The van der Waals surface area contributed by atoms with Crippen LogP contribution in [0.15, 0.2) is 30.3 Å². The molecule has 2 saturated heterocycles. The molecular weight excluding hydrogens is 388 g/mol. The number of carbonyl (C=O) groups is 2. The maximum Gasteiger partial charge on any atom is 0.227 e. The fourth-order valence-electron chi connectivity index (χ4n) is 4.68. The Kier molecular flexibility index (Phi) is 6.64. The summed E-state index contributed by atoms with van der Waals surface area (Å²) in [5.41, 5.74) is 3.93. The lowest BCUT2D eigenvalue weighted by atomic mass is 10.0. The van der Waals surface area contributed by atoms with Crippen molar-refractivity contribution in [1.29, 1.82) is 0 Å². The number of carbonyl (C=O) groups excluding carboxylic acids is 2. The molecule has 6 nitrogen and oxygen atoms in total. The van der Waals surface area contributed by atoms with Gasteiger partial charge in [0.25, 0.3) is 0 Å². The van der Waals surface area contributed by atoms with Crippen LogP contribution in [0.25, 0.3) is 0 Å². The summed E-state index contributed by atoms with van der Waals surface area (Å²) in [6.45, 7) is 7.12. The van der Waals surface area contributed by atoms with E-state index in [0.29, 0.717) is 19.4 Å². The fraction of sp³-hybridized carbons (Fsp3) is 0.520. The van der Waals surface area contributed by atoms with E-state index in [4.69, 9.17) is 9.97 Å². The van der Waals surface area contributed by atoms with Crippen LogP contribution in [0, 0.1) is 13.8 Å². The highest BCUT2D eigenvalue weighted by molar-refractivity contribution is 5.79. The summed E-state index contributed by atoms with van der Waals surface area (Å²) < 4.78 is 0. The minimum Gasteiger partial charge on any atom is -0.342 e. The third-order valence-electron chi connectivity index (χ3n) is 6.60. The Morgan fingerprint density at radius 3 is 2.29 bits per heavy atom. The molecule has 0 N–H and O–H groups in total. The van der Waals surface area contributed by atoms with Gasteiger partial charge in [0, 0.05) is 55.5 Å². The second-order valence-corrected chi connectivity index (χ2v) is 8.81. The molecule has 2 fully saturated rings. The molecule has 1 aromatic carbocycles. The second-order valence-electron chi connectivity index (χ2n) is 8.81. The van der Waals surface area contributed by atoms with Crippen LogP contribution in [0.5, 0.6) is 0 Å². The third-order valence-corrected chi connectivity index (χ3v) is 6.60. The third kappa shape index (κ3) is 5.12. The van der Waals surface area contributed by atoms with Crippen LogP contribution in [0.2, 0.25) is 0 Å². The standard InChI is InChI=1S/C25H32N4O2/c1-18-22(16-24(31)28-13-6-7-14-28)19(2)27-25(26-18)21-12-15-29(17-21)23(30)11-10-20-8-4-3-5-9-20/h3-5,8-9,21H,6-7,10-17H2,1-2H3/t21-/m0/s1. The lowest BCUT2D eigenvalue weighted by Crippen LogP contribution is -2.30. The van der Waals surface area contributed by atoms with Crippen molar-refractivity contribution in [2.24, 2.45) is 0 Å². The number of amides is 2.